The fraction of sp³-hybridized carbons (Fsp3) is 0.158. The van der Waals surface area contributed by atoms with Gasteiger partial charge in [-0.3, -0.25) is 4.79 Å². The number of amides is 1. The number of benzene rings is 2. The number of nitrogens with zero attached hydrogens (tertiary/aromatic N) is 2. The first-order valence-electron chi connectivity index (χ1n) is 8.20. The summed E-state index contributed by atoms with van der Waals surface area (Å²) < 4.78 is 79.2. The second-order valence-corrected chi connectivity index (χ2v) is 6.11. The van der Waals surface area contributed by atoms with Gasteiger partial charge in [0.25, 0.3) is 5.91 Å². The fourth-order valence-electron chi connectivity index (χ4n) is 2.60. The molecule has 4 nitrogen and oxygen atoms in total. The van der Waals surface area contributed by atoms with Crippen molar-refractivity contribution in [2.75, 3.05) is 5.32 Å². The van der Waals surface area contributed by atoms with E-state index in [2.05, 4.69) is 10.4 Å². The van der Waals surface area contributed by atoms with E-state index >= 15 is 0 Å². The van der Waals surface area contributed by atoms with Crippen LogP contribution in [0.4, 0.5) is 32.2 Å². The third kappa shape index (κ3) is 4.95. The average Bonchev–Trinajstić information content (AvgIpc) is 3.07. The highest BCUT2D eigenvalue weighted by Gasteiger charge is 2.37. The Morgan fingerprint density at radius 1 is 0.897 bits per heavy atom. The molecule has 0 bridgehead atoms. The highest BCUT2D eigenvalue weighted by atomic mass is 19.4. The summed E-state index contributed by atoms with van der Waals surface area (Å²) in [4.78, 5) is 12.4. The number of carbonyl (C=O) groups is 1. The van der Waals surface area contributed by atoms with Crippen molar-refractivity contribution < 1.29 is 31.1 Å². The smallest absolute Gasteiger partial charge is 0.307 e. The van der Waals surface area contributed by atoms with Crippen molar-refractivity contribution >= 4 is 11.7 Å². The van der Waals surface area contributed by atoms with Gasteiger partial charge in [0, 0.05) is 11.6 Å². The molecule has 3 aromatic rings. The van der Waals surface area contributed by atoms with Crippen LogP contribution in [0.1, 0.15) is 27.0 Å². The molecule has 0 aliphatic rings. The van der Waals surface area contributed by atoms with Crippen molar-refractivity contribution in [2.45, 2.75) is 18.9 Å². The molecule has 0 fully saturated rings. The predicted octanol–water partition coefficient (Wildman–Crippen LogP) is 5.22. The van der Waals surface area contributed by atoms with E-state index in [1.807, 2.05) is 0 Å². The van der Waals surface area contributed by atoms with Gasteiger partial charge < -0.3 is 5.32 Å². The monoisotopic (exact) mass is 413 g/mol. The van der Waals surface area contributed by atoms with E-state index in [4.69, 9.17) is 0 Å². The highest BCUT2D eigenvalue weighted by Crippen LogP contribution is 2.36. The molecule has 29 heavy (non-hydrogen) atoms. The maximum Gasteiger partial charge on any atom is 0.416 e. The Bertz CT molecular complexity index is 977. The van der Waals surface area contributed by atoms with Gasteiger partial charge in [-0.2, -0.15) is 31.4 Å². The number of nitrogens with one attached hydrogen (secondary N) is 1. The fourth-order valence-corrected chi connectivity index (χ4v) is 2.60. The van der Waals surface area contributed by atoms with Crippen LogP contribution in [-0.2, 0) is 18.9 Å². The molecule has 10 heteroatoms. The lowest BCUT2D eigenvalue weighted by molar-refractivity contribution is -0.143. The van der Waals surface area contributed by atoms with Crippen molar-refractivity contribution in [1.82, 2.24) is 9.78 Å². The number of alkyl halides is 6. The predicted molar refractivity (Wildman–Crippen MR) is 92.2 cm³/mol. The minimum absolute atomic E-state index is 0.0313. The van der Waals surface area contributed by atoms with E-state index in [9.17, 15) is 31.1 Å². The number of halogens is 6. The Morgan fingerprint density at radius 2 is 1.48 bits per heavy atom. The molecule has 0 saturated heterocycles. The summed E-state index contributed by atoms with van der Waals surface area (Å²) in [6.45, 7) is 0.250. The summed E-state index contributed by atoms with van der Waals surface area (Å²) >= 11 is 0. The van der Waals surface area contributed by atoms with Gasteiger partial charge in [0.1, 0.15) is 5.82 Å². The van der Waals surface area contributed by atoms with E-state index in [-0.39, 0.29) is 18.4 Å². The molecule has 2 aromatic carbocycles. The molecule has 0 unspecified atom stereocenters. The molecule has 0 aliphatic heterocycles. The van der Waals surface area contributed by atoms with Crippen LogP contribution in [0.2, 0.25) is 0 Å². The summed E-state index contributed by atoms with van der Waals surface area (Å²) in [5, 5.41) is 6.33. The van der Waals surface area contributed by atoms with Crippen molar-refractivity contribution in [1.29, 1.82) is 0 Å². The van der Waals surface area contributed by atoms with Crippen LogP contribution in [0, 0.1) is 0 Å². The first-order chi connectivity index (χ1) is 13.5. The Labute approximate surface area is 160 Å². The van der Waals surface area contributed by atoms with Crippen LogP contribution in [0.15, 0.2) is 60.8 Å². The second-order valence-electron chi connectivity index (χ2n) is 6.11. The molecule has 1 N–H and O–H groups in total. The van der Waals surface area contributed by atoms with Crippen LogP contribution in [-0.4, -0.2) is 15.7 Å². The highest BCUT2D eigenvalue weighted by molar-refractivity contribution is 6.04. The minimum Gasteiger partial charge on any atom is -0.307 e. The third-order valence-corrected chi connectivity index (χ3v) is 3.98. The van der Waals surface area contributed by atoms with Gasteiger partial charge in [0.2, 0.25) is 0 Å². The maximum atomic E-state index is 13.0. The lowest BCUT2D eigenvalue weighted by atomic mass is 10.0. The summed E-state index contributed by atoms with van der Waals surface area (Å²) in [7, 11) is 0. The molecule has 0 atom stereocenters. The lowest BCUT2D eigenvalue weighted by Crippen LogP contribution is -2.19. The second kappa shape index (κ2) is 7.61. The number of aromatic nitrogens is 2. The maximum absolute atomic E-state index is 13.0. The Morgan fingerprint density at radius 3 is 2.03 bits per heavy atom. The van der Waals surface area contributed by atoms with Gasteiger partial charge in [-0.1, -0.05) is 30.3 Å². The molecule has 1 amide bonds. The van der Waals surface area contributed by atoms with Crippen molar-refractivity contribution in [2.24, 2.45) is 0 Å². The van der Waals surface area contributed by atoms with Gasteiger partial charge >= 0.3 is 12.4 Å². The molecular formula is C19H13F6N3O. The van der Waals surface area contributed by atoms with E-state index in [1.165, 1.54) is 16.9 Å². The van der Waals surface area contributed by atoms with Crippen molar-refractivity contribution in [3.8, 4) is 0 Å². The molecule has 1 heterocycles. The average molecular weight is 413 g/mol. The summed E-state index contributed by atoms with van der Waals surface area (Å²) in [6.07, 6.45) is -8.72. The molecule has 0 radical (unpaired) electrons. The van der Waals surface area contributed by atoms with Crippen LogP contribution in [0.3, 0.4) is 0 Å². The normalized spacial score (nSPS) is 12.1. The number of rotatable bonds is 4. The number of anilines is 1. The third-order valence-electron chi connectivity index (χ3n) is 3.98. The van der Waals surface area contributed by atoms with Crippen molar-refractivity contribution in [3.05, 3.63) is 83.0 Å². The molecule has 152 valence electrons. The quantitative estimate of drug-likeness (QED) is 0.596. The minimum atomic E-state index is -5.04. The van der Waals surface area contributed by atoms with Gasteiger partial charge in [-0.15, -0.1) is 0 Å². The first-order valence-corrected chi connectivity index (χ1v) is 8.20. The summed E-state index contributed by atoms with van der Waals surface area (Å²) in [5.74, 6) is -0.985. The zero-order valence-electron chi connectivity index (χ0n) is 14.6. The van der Waals surface area contributed by atoms with Crippen LogP contribution >= 0.6 is 0 Å². The van der Waals surface area contributed by atoms with Gasteiger partial charge in [-0.05, 0) is 23.8 Å². The van der Waals surface area contributed by atoms with Gasteiger partial charge in [0.15, 0.2) is 0 Å². The van der Waals surface area contributed by atoms with Crippen molar-refractivity contribution in [3.63, 3.8) is 0 Å². The van der Waals surface area contributed by atoms with Gasteiger partial charge in [0.05, 0.1) is 23.9 Å². The molecule has 3 rings (SSSR count). The zero-order chi connectivity index (χ0) is 21.2. The summed E-state index contributed by atoms with van der Waals surface area (Å²) in [5.41, 5.74) is -3.05. The number of carbonyl (C=O) groups excluding carboxylic acids is 1. The number of hydrogen-bond acceptors (Lipinski definition) is 2. The van der Waals surface area contributed by atoms with Crippen LogP contribution in [0.25, 0.3) is 0 Å². The summed E-state index contributed by atoms with van der Waals surface area (Å²) in [6, 6.07) is 11.1. The standard InChI is InChI=1S/C19H13F6N3O/c20-18(21,22)14-8-13(9-15(10-14)19(23,24)25)17(29)27-16-6-7-26-28(16)11-12-4-2-1-3-5-12/h1-10H,11H2,(H,27,29). The zero-order valence-corrected chi connectivity index (χ0v) is 14.6. The van der Waals surface area contributed by atoms with E-state index in [0.717, 1.165) is 5.56 Å². The number of hydrogen-bond donors (Lipinski definition) is 1. The largest absolute Gasteiger partial charge is 0.416 e. The molecular weight excluding hydrogens is 400 g/mol. The van der Waals surface area contributed by atoms with Crippen LogP contribution in [0.5, 0.6) is 0 Å². The van der Waals surface area contributed by atoms with Gasteiger partial charge in [-0.25, -0.2) is 4.68 Å². The first kappa shape index (κ1) is 20.4. The van der Waals surface area contributed by atoms with Crippen LogP contribution < -0.4 is 5.32 Å². The molecule has 1 aromatic heterocycles. The van der Waals surface area contributed by atoms with E-state index in [1.54, 1.807) is 30.3 Å². The lowest BCUT2D eigenvalue weighted by Gasteiger charge is -2.14. The Hall–Kier alpha value is -3.30. The molecule has 0 aliphatic carbocycles. The Kier molecular flexibility index (Phi) is 5.36. The Balaban J connectivity index is 1.89. The topological polar surface area (TPSA) is 46.9 Å². The molecule has 0 spiro atoms. The SMILES string of the molecule is O=C(Nc1ccnn1Cc1ccccc1)c1cc(C(F)(F)F)cc(C(F)(F)F)c1. The molecule has 0 saturated carbocycles. The van der Waals surface area contributed by atoms with E-state index < -0.39 is 35.0 Å². The van der Waals surface area contributed by atoms with E-state index in [0.29, 0.717) is 12.1 Å².